The standard InChI is InChI=1S/C19H22F2N2OS/c1-9-6-7-12(13-10(2)8-19(4,5)14(9)13)23-18(24)16-15(17(20)21)22-11(3)25-16/h6-7,10,17H,8H2,1-5H3,(H,23,24). The number of fused-ring (bicyclic) bond motifs is 1. The van der Waals surface area contributed by atoms with E-state index in [9.17, 15) is 13.6 Å². The van der Waals surface area contributed by atoms with Gasteiger partial charge in [0.15, 0.2) is 0 Å². The molecule has 1 N–H and O–H groups in total. The van der Waals surface area contributed by atoms with E-state index in [1.54, 1.807) is 6.92 Å². The number of carbonyl (C=O) groups is 1. The number of hydrogen-bond donors (Lipinski definition) is 1. The predicted octanol–water partition coefficient (Wildman–Crippen LogP) is 5.73. The molecule has 1 aromatic heterocycles. The molecule has 6 heteroatoms. The Labute approximate surface area is 150 Å². The first-order chi connectivity index (χ1) is 11.6. The molecule has 0 saturated carbocycles. The molecule has 1 atom stereocenters. The summed E-state index contributed by atoms with van der Waals surface area (Å²) in [7, 11) is 0. The largest absolute Gasteiger partial charge is 0.321 e. The molecule has 1 aliphatic rings. The zero-order chi connectivity index (χ0) is 18.5. The van der Waals surface area contributed by atoms with Gasteiger partial charge in [0.05, 0.1) is 5.01 Å². The van der Waals surface area contributed by atoms with Gasteiger partial charge in [-0.1, -0.05) is 26.8 Å². The molecule has 1 heterocycles. The molecule has 0 bridgehead atoms. The molecule has 1 aliphatic carbocycles. The highest BCUT2D eigenvalue weighted by Crippen LogP contribution is 2.50. The first-order valence-corrected chi connectivity index (χ1v) is 9.14. The van der Waals surface area contributed by atoms with Crippen molar-refractivity contribution < 1.29 is 13.6 Å². The lowest BCUT2D eigenvalue weighted by atomic mass is 9.83. The molecule has 134 valence electrons. The number of halogens is 2. The molecule has 0 fully saturated rings. The minimum Gasteiger partial charge on any atom is -0.321 e. The van der Waals surface area contributed by atoms with Crippen LogP contribution in [0.3, 0.4) is 0 Å². The maximum Gasteiger partial charge on any atom is 0.282 e. The van der Waals surface area contributed by atoms with Crippen molar-refractivity contribution >= 4 is 22.9 Å². The number of thiazole rings is 1. The van der Waals surface area contributed by atoms with Gasteiger partial charge in [-0.2, -0.15) is 0 Å². The number of aromatic nitrogens is 1. The quantitative estimate of drug-likeness (QED) is 0.755. The van der Waals surface area contributed by atoms with E-state index < -0.39 is 18.0 Å². The van der Waals surface area contributed by atoms with Crippen LogP contribution in [0.5, 0.6) is 0 Å². The van der Waals surface area contributed by atoms with Gasteiger partial charge < -0.3 is 5.32 Å². The average Bonchev–Trinajstić information content (AvgIpc) is 3.00. The van der Waals surface area contributed by atoms with E-state index in [0.717, 1.165) is 29.0 Å². The Morgan fingerprint density at radius 2 is 2.04 bits per heavy atom. The molecule has 3 rings (SSSR count). The second-order valence-corrected chi connectivity index (χ2v) is 8.61. The summed E-state index contributed by atoms with van der Waals surface area (Å²) in [5, 5.41) is 3.32. The number of rotatable bonds is 3. The Balaban J connectivity index is 2.01. The first kappa shape index (κ1) is 18.0. The van der Waals surface area contributed by atoms with Crippen LogP contribution in [-0.2, 0) is 5.41 Å². The van der Waals surface area contributed by atoms with Crippen molar-refractivity contribution in [1.29, 1.82) is 0 Å². The van der Waals surface area contributed by atoms with Gasteiger partial charge in [0.25, 0.3) is 12.3 Å². The van der Waals surface area contributed by atoms with Gasteiger partial charge in [-0.3, -0.25) is 4.79 Å². The Hall–Kier alpha value is -1.82. The fraction of sp³-hybridized carbons (Fsp3) is 0.474. The van der Waals surface area contributed by atoms with Gasteiger partial charge in [0.1, 0.15) is 10.6 Å². The molecular weight excluding hydrogens is 342 g/mol. The molecule has 0 radical (unpaired) electrons. The fourth-order valence-corrected chi connectivity index (χ4v) is 4.97. The molecule has 1 unspecified atom stereocenters. The highest BCUT2D eigenvalue weighted by Gasteiger charge is 2.38. The summed E-state index contributed by atoms with van der Waals surface area (Å²) >= 11 is 1.00. The van der Waals surface area contributed by atoms with Crippen LogP contribution >= 0.6 is 11.3 Å². The van der Waals surface area contributed by atoms with Crippen molar-refractivity contribution in [2.24, 2.45) is 0 Å². The van der Waals surface area contributed by atoms with Gasteiger partial charge in [0.2, 0.25) is 0 Å². The van der Waals surface area contributed by atoms with E-state index in [1.165, 1.54) is 11.1 Å². The molecule has 3 nitrogen and oxygen atoms in total. The third kappa shape index (κ3) is 3.08. The number of aryl methyl sites for hydroxylation is 2. The molecule has 1 aromatic carbocycles. The van der Waals surface area contributed by atoms with Crippen LogP contribution < -0.4 is 5.32 Å². The van der Waals surface area contributed by atoms with Crippen molar-refractivity contribution in [2.75, 3.05) is 5.32 Å². The van der Waals surface area contributed by atoms with Crippen molar-refractivity contribution in [1.82, 2.24) is 4.98 Å². The maximum absolute atomic E-state index is 13.1. The summed E-state index contributed by atoms with van der Waals surface area (Å²) in [4.78, 5) is 16.4. The van der Waals surface area contributed by atoms with Crippen molar-refractivity contribution in [2.45, 2.75) is 58.8 Å². The number of benzene rings is 1. The highest BCUT2D eigenvalue weighted by atomic mass is 32.1. The molecule has 25 heavy (non-hydrogen) atoms. The van der Waals surface area contributed by atoms with Gasteiger partial charge >= 0.3 is 0 Å². The predicted molar refractivity (Wildman–Crippen MR) is 97.0 cm³/mol. The normalized spacial score (nSPS) is 18.5. The zero-order valence-corrected chi connectivity index (χ0v) is 15.9. The van der Waals surface area contributed by atoms with Crippen LogP contribution in [0.1, 0.15) is 76.6 Å². The zero-order valence-electron chi connectivity index (χ0n) is 15.0. The van der Waals surface area contributed by atoms with Gasteiger partial charge in [-0.05, 0) is 54.4 Å². The second-order valence-electron chi connectivity index (χ2n) is 7.41. The lowest BCUT2D eigenvalue weighted by molar-refractivity contribution is 0.101. The smallest absolute Gasteiger partial charge is 0.282 e. The number of amides is 1. The lowest BCUT2D eigenvalue weighted by Gasteiger charge is -2.22. The molecule has 1 amide bonds. The van der Waals surface area contributed by atoms with Crippen LogP contribution in [0.4, 0.5) is 14.5 Å². The van der Waals surface area contributed by atoms with Crippen molar-refractivity contribution in [3.05, 3.63) is 44.4 Å². The van der Waals surface area contributed by atoms with Gasteiger partial charge in [-0.25, -0.2) is 13.8 Å². The highest BCUT2D eigenvalue weighted by molar-refractivity contribution is 7.13. The van der Waals surface area contributed by atoms with Crippen LogP contribution in [0.15, 0.2) is 12.1 Å². The summed E-state index contributed by atoms with van der Waals surface area (Å²) < 4.78 is 26.3. The minimum atomic E-state index is -2.76. The molecule has 0 saturated heterocycles. The fourth-order valence-electron chi connectivity index (χ4n) is 4.15. The SMILES string of the molecule is Cc1nc(C(F)F)c(C(=O)Nc2ccc(C)c3c2C(C)CC3(C)C)s1. The Morgan fingerprint density at radius 3 is 2.68 bits per heavy atom. The van der Waals surface area contributed by atoms with Gasteiger partial charge in [0, 0.05) is 5.69 Å². The maximum atomic E-state index is 13.1. The average molecular weight is 364 g/mol. The number of nitrogens with zero attached hydrogens (tertiary/aromatic N) is 1. The molecule has 2 aromatic rings. The number of hydrogen-bond acceptors (Lipinski definition) is 3. The topological polar surface area (TPSA) is 42.0 Å². The van der Waals surface area contributed by atoms with E-state index in [2.05, 4.69) is 38.0 Å². The first-order valence-electron chi connectivity index (χ1n) is 8.32. The van der Waals surface area contributed by atoms with Crippen LogP contribution in [0, 0.1) is 13.8 Å². The van der Waals surface area contributed by atoms with Crippen LogP contribution in [0.2, 0.25) is 0 Å². The Morgan fingerprint density at radius 1 is 1.36 bits per heavy atom. The molecule has 0 spiro atoms. The molecular formula is C19H22F2N2OS. The summed E-state index contributed by atoms with van der Waals surface area (Å²) in [6, 6.07) is 3.86. The number of anilines is 1. The van der Waals surface area contributed by atoms with Crippen molar-refractivity contribution in [3.63, 3.8) is 0 Å². The number of nitrogens with one attached hydrogen (secondary N) is 1. The van der Waals surface area contributed by atoms with Crippen molar-refractivity contribution in [3.8, 4) is 0 Å². The van der Waals surface area contributed by atoms with E-state index in [1.807, 2.05) is 12.1 Å². The van der Waals surface area contributed by atoms with Crippen LogP contribution in [-0.4, -0.2) is 10.9 Å². The monoisotopic (exact) mass is 364 g/mol. The van der Waals surface area contributed by atoms with E-state index >= 15 is 0 Å². The summed E-state index contributed by atoms with van der Waals surface area (Å²) in [6.07, 6.45) is -1.76. The summed E-state index contributed by atoms with van der Waals surface area (Å²) in [6.45, 7) is 10.3. The third-order valence-corrected chi connectivity index (χ3v) is 5.85. The summed E-state index contributed by atoms with van der Waals surface area (Å²) in [5.74, 6) is -0.207. The lowest BCUT2D eigenvalue weighted by Crippen LogP contribution is -2.16. The third-order valence-electron chi connectivity index (χ3n) is 4.86. The number of carbonyl (C=O) groups excluding carboxylic acids is 1. The minimum absolute atomic E-state index is 0.00765. The number of alkyl halides is 2. The Bertz CT molecular complexity index is 842. The van der Waals surface area contributed by atoms with E-state index in [0.29, 0.717) is 10.9 Å². The Kier molecular flexibility index (Phi) is 4.43. The second kappa shape index (κ2) is 6.16. The summed E-state index contributed by atoms with van der Waals surface area (Å²) in [5.41, 5.74) is 3.90. The molecule has 0 aliphatic heterocycles. The van der Waals surface area contributed by atoms with Gasteiger partial charge in [-0.15, -0.1) is 11.3 Å². The van der Waals surface area contributed by atoms with E-state index in [-0.39, 0.29) is 10.3 Å². The van der Waals surface area contributed by atoms with E-state index in [4.69, 9.17) is 0 Å². The van der Waals surface area contributed by atoms with Crippen LogP contribution in [0.25, 0.3) is 0 Å².